The maximum absolute atomic E-state index is 10.9. The largest absolute Gasteiger partial charge is 0.343 e. The van der Waals surface area contributed by atoms with E-state index in [1.807, 2.05) is 0 Å². The zero-order valence-electron chi connectivity index (χ0n) is 7.73. The lowest BCUT2D eigenvalue weighted by atomic mass is 9.99. The second kappa shape index (κ2) is 4.72. The van der Waals surface area contributed by atoms with Crippen molar-refractivity contribution in [2.75, 3.05) is 18.8 Å². The summed E-state index contributed by atoms with van der Waals surface area (Å²) in [6.45, 7) is 3.03. The van der Waals surface area contributed by atoms with Gasteiger partial charge in [0.05, 0.1) is 5.75 Å². The van der Waals surface area contributed by atoms with E-state index in [4.69, 9.17) is 4.55 Å². The van der Waals surface area contributed by atoms with Crippen LogP contribution >= 0.6 is 0 Å². The number of rotatable bonds is 2. The van der Waals surface area contributed by atoms with E-state index in [0.717, 1.165) is 25.9 Å². The van der Waals surface area contributed by atoms with Crippen LogP contribution in [0, 0.1) is 5.92 Å². The smallest absolute Gasteiger partial charge is 0.219 e. The average molecular weight is 205 g/mol. The van der Waals surface area contributed by atoms with Crippen LogP contribution in [0.1, 0.15) is 19.8 Å². The number of nitrogens with zero attached hydrogens (tertiary/aromatic N) is 1. The van der Waals surface area contributed by atoms with Gasteiger partial charge in [-0.1, -0.05) is 0 Å². The van der Waals surface area contributed by atoms with Crippen LogP contribution in [-0.4, -0.2) is 38.4 Å². The van der Waals surface area contributed by atoms with Gasteiger partial charge in [0.1, 0.15) is 0 Å². The van der Waals surface area contributed by atoms with Crippen molar-refractivity contribution in [2.24, 2.45) is 5.92 Å². The molecular formula is C8H15NO3S. The molecule has 0 aromatic heterocycles. The van der Waals surface area contributed by atoms with Crippen LogP contribution < -0.4 is 0 Å². The second-order valence-corrected chi connectivity index (χ2v) is 4.41. The molecule has 1 rings (SSSR count). The minimum absolute atomic E-state index is 0.101. The summed E-state index contributed by atoms with van der Waals surface area (Å²) in [7, 11) is 0. The highest BCUT2D eigenvalue weighted by Gasteiger charge is 2.21. The molecule has 4 nitrogen and oxygen atoms in total. The van der Waals surface area contributed by atoms with Gasteiger partial charge in [-0.05, 0) is 18.8 Å². The maximum Gasteiger partial charge on any atom is 0.219 e. The Labute approximate surface area is 80.6 Å². The van der Waals surface area contributed by atoms with Crippen molar-refractivity contribution in [3.63, 3.8) is 0 Å². The zero-order chi connectivity index (χ0) is 9.84. The number of amides is 1. The predicted molar refractivity (Wildman–Crippen MR) is 50.6 cm³/mol. The van der Waals surface area contributed by atoms with Gasteiger partial charge in [-0.2, -0.15) is 0 Å². The Morgan fingerprint density at radius 2 is 2.08 bits per heavy atom. The Morgan fingerprint density at radius 3 is 2.46 bits per heavy atom. The fraction of sp³-hybridized carbons (Fsp3) is 0.875. The molecule has 0 aromatic carbocycles. The summed E-state index contributed by atoms with van der Waals surface area (Å²) in [4.78, 5) is 12.7. The second-order valence-electron chi connectivity index (χ2n) is 3.44. The van der Waals surface area contributed by atoms with Gasteiger partial charge in [0, 0.05) is 20.0 Å². The summed E-state index contributed by atoms with van der Waals surface area (Å²) in [6, 6.07) is 0. The van der Waals surface area contributed by atoms with Crippen molar-refractivity contribution < 1.29 is 13.6 Å². The summed E-state index contributed by atoms with van der Waals surface area (Å²) >= 11 is -1.69. The van der Waals surface area contributed by atoms with E-state index in [0.29, 0.717) is 11.7 Å². The molecular weight excluding hydrogens is 190 g/mol. The molecule has 1 N–H and O–H groups in total. The fourth-order valence-corrected chi connectivity index (χ4v) is 2.35. The molecule has 1 amide bonds. The molecule has 1 unspecified atom stereocenters. The number of hydrogen-bond acceptors (Lipinski definition) is 2. The van der Waals surface area contributed by atoms with Gasteiger partial charge in [-0.25, -0.2) is 4.21 Å². The monoisotopic (exact) mass is 205 g/mol. The molecule has 1 saturated heterocycles. The van der Waals surface area contributed by atoms with E-state index < -0.39 is 11.1 Å². The van der Waals surface area contributed by atoms with Gasteiger partial charge < -0.3 is 9.45 Å². The molecule has 76 valence electrons. The number of hydrogen-bond donors (Lipinski definition) is 1. The quantitative estimate of drug-likeness (QED) is 0.666. The third kappa shape index (κ3) is 3.44. The topological polar surface area (TPSA) is 57.6 Å². The molecule has 0 radical (unpaired) electrons. The summed E-state index contributed by atoms with van der Waals surface area (Å²) in [5, 5.41) is 0. The normalized spacial score (nSPS) is 21.5. The number of carbonyl (C=O) groups is 1. The highest BCUT2D eigenvalue weighted by atomic mass is 32.2. The standard InChI is InChI=1S/C8H15NO3S/c1-7(10)9-4-2-8(3-5-9)6-13(11)12/h8H,2-6H2,1H3,(H,11,12). The number of piperidine rings is 1. The van der Waals surface area contributed by atoms with Gasteiger partial charge in [0.25, 0.3) is 0 Å². The highest BCUT2D eigenvalue weighted by molar-refractivity contribution is 7.79. The van der Waals surface area contributed by atoms with Gasteiger partial charge in [0.2, 0.25) is 5.91 Å². The van der Waals surface area contributed by atoms with Gasteiger partial charge in [-0.15, -0.1) is 0 Å². The molecule has 0 aliphatic carbocycles. The van der Waals surface area contributed by atoms with Crippen LogP contribution in [0.4, 0.5) is 0 Å². The molecule has 1 aliphatic rings. The lowest BCUT2D eigenvalue weighted by Gasteiger charge is -2.30. The number of carbonyl (C=O) groups excluding carboxylic acids is 1. The van der Waals surface area contributed by atoms with E-state index in [2.05, 4.69) is 0 Å². The molecule has 1 atom stereocenters. The first-order valence-electron chi connectivity index (χ1n) is 4.42. The van der Waals surface area contributed by atoms with Crippen molar-refractivity contribution in [1.29, 1.82) is 0 Å². The summed E-state index contributed by atoms with van der Waals surface area (Å²) in [5.74, 6) is 0.760. The van der Waals surface area contributed by atoms with Crippen molar-refractivity contribution >= 4 is 17.0 Å². The Hall–Kier alpha value is -0.420. The Kier molecular flexibility index (Phi) is 3.87. The SMILES string of the molecule is CC(=O)N1CCC(CS(=O)O)CC1. The molecule has 0 aromatic rings. The van der Waals surface area contributed by atoms with E-state index >= 15 is 0 Å². The van der Waals surface area contributed by atoms with E-state index in [9.17, 15) is 9.00 Å². The van der Waals surface area contributed by atoms with Crippen molar-refractivity contribution in [3.05, 3.63) is 0 Å². The predicted octanol–water partition coefficient (Wildman–Crippen LogP) is 0.467. The first-order valence-corrected chi connectivity index (χ1v) is 5.70. The first-order chi connectivity index (χ1) is 6.09. The van der Waals surface area contributed by atoms with Crippen molar-refractivity contribution in [3.8, 4) is 0 Å². The van der Waals surface area contributed by atoms with Crippen molar-refractivity contribution in [1.82, 2.24) is 4.90 Å². The van der Waals surface area contributed by atoms with E-state index in [1.54, 1.807) is 11.8 Å². The third-order valence-electron chi connectivity index (χ3n) is 2.44. The van der Waals surface area contributed by atoms with Crippen LogP contribution in [0.15, 0.2) is 0 Å². The summed E-state index contributed by atoms with van der Waals surface area (Å²) < 4.78 is 19.2. The van der Waals surface area contributed by atoms with Gasteiger partial charge in [-0.3, -0.25) is 4.79 Å². The Morgan fingerprint density at radius 1 is 1.54 bits per heavy atom. The molecule has 0 bridgehead atoms. The molecule has 13 heavy (non-hydrogen) atoms. The van der Waals surface area contributed by atoms with Crippen molar-refractivity contribution in [2.45, 2.75) is 19.8 Å². The Bertz CT molecular complexity index is 211. The van der Waals surface area contributed by atoms with Crippen LogP contribution in [0.25, 0.3) is 0 Å². The molecule has 5 heteroatoms. The minimum atomic E-state index is -1.69. The van der Waals surface area contributed by atoms with Crippen LogP contribution in [0.5, 0.6) is 0 Å². The minimum Gasteiger partial charge on any atom is -0.343 e. The van der Waals surface area contributed by atoms with Crippen LogP contribution in [0.3, 0.4) is 0 Å². The maximum atomic E-state index is 10.9. The highest BCUT2D eigenvalue weighted by Crippen LogP contribution is 2.17. The van der Waals surface area contributed by atoms with E-state index in [-0.39, 0.29) is 5.91 Å². The fourth-order valence-electron chi connectivity index (χ4n) is 1.62. The molecule has 1 heterocycles. The van der Waals surface area contributed by atoms with Crippen LogP contribution in [0.2, 0.25) is 0 Å². The van der Waals surface area contributed by atoms with Gasteiger partial charge >= 0.3 is 0 Å². The zero-order valence-corrected chi connectivity index (χ0v) is 8.55. The average Bonchev–Trinajstić information content (AvgIpc) is 2.04. The summed E-state index contributed by atoms with van der Waals surface area (Å²) in [5.41, 5.74) is 0. The molecule has 0 saturated carbocycles. The van der Waals surface area contributed by atoms with Crippen LogP contribution in [-0.2, 0) is 15.9 Å². The lowest BCUT2D eigenvalue weighted by molar-refractivity contribution is -0.130. The first kappa shape index (κ1) is 10.7. The summed E-state index contributed by atoms with van der Waals surface area (Å²) in [6.07, 6.45) is 1.71. The molecule has 1 aliphatic heterocycles. The van der Waals surface area contributed by atoms with Gasteiger partial charge in [0.15, 0.2) is 11.1 Å². The third-order valence-corrected chi connectivity index (χ3v) is 3.19. The molecule has 0 spiro atoms. The number of likely N-dealkylation sites (tertiary alicyclic amines) is 1. The Balaban J connectivity index is 2.30. The van der Waals surface area contributed by atoms with E-state index in [1.165, 1.54) is 0 Å². The lowest BCUT2D eigenvalue weighted by Crippen LogP contribution is -2.38. The molecule has 1 fully saturated rings.